The highest BCUT2D eigenvalue weighted by molar-refractivity contribution is 6.31. The smallest absolute Gasteiger partial charge is 0.323 e. The van der Waals surface area contributed by atoms with Gasteiger partial charge in [-0.15, -0.1) is 0 Å². The molecular weight excluding hydrogens is 492 g/mol. The molecule has 36 heavy (non-hydrogen) atoms. The van der Waals surface area contributed by atoms with Gasteiger partial charge in [-0.05, 0) is 42.5 Å². The van der Waals surface area contributed by atoms with Crippen molar-refractivity contribution in [2.45, 2.75) is 0 Å². The van der Waals surface area contributed by atoms with Crippen LogP contribution in [0.1, 0.15) is 0 Å². The summed E-state index contributed by atoms with van der Waals surface area (Å²) in [5.74, 6) is -0.208. The Kier molecular flexibility index (Phi) is 6.79. The van der Waals surface area contributed by atoms with Crippen LogP contribution in [0.5, 0.6) is 11.5 Å². The summed E-state index contributed by atoms with van der Waals surface area (Å²) >= 11 is 5.74. The van der Waals surface area contributed by atoms with Crippen LogP contribution in [0.4, 0.5) is 30.8 Å². The molecule has 0 unspecified atom stereocenters. The predicted octanol–water partition coefficient (Wildman–Crippen LogP) is 5.83. The normalized spacial score (nSPS) is 13.5. The van der Waals surface area contributed by atoms with Gasteiger partial charge in [0.1, 0.15) is 17.4 Å². The number of ether oxygens (including phenoxy) is 2. The Bertz CT molecular complexity index is 1430. The number of fused-ring (bicyclic) bond motifs is 1. The van der Waals surface area contributed by atoms with E-state index in [1.54, 1.807) is 24.4 Å². The first-order valence-corrected chi connectivity index (χ1v) is 11.4. The van der Waals surface area contributed by atoms with Crippen LogP contribution in [0.2, 0.25) is 5.02 Å². The van der Waals surface area contributed by atoms with Crippen molar-refractivity contribution in [1.29, 1.82) is 0 Å². The molecule has 2 heterocycles. The van der Waals surface area contributed by atoms with Crippen molar-refractivity contribution >= 4 is 45.9 Å². The standard InChI is InChI=1S/C25H20ClF2N5O3/c26-18-11-15(1-4-19(18)27)30-25(34)31-16-2-5-20(28)23(12-16)36-17-3-6-21-22(13-17)32-24(14-29-21)33-7-9-35-10-8-33/h1-6,11-14H,7-10H2,(H2,30,31,34). The first-order valence-electron chi connectivity index (χ1n) is 11.0. The predicted molar refractivity (Wildman–Crippen MR) is 133 cm³/mol. The van der Waals surface area contributed by atoms with Crippen molar-refractivity contribution in [3.8, 4) is 11.5 Å². The SMILES string of the molecule is O=C(Nc1ccc(F)c(Cl)c1)Nc1ccc(F)c(Oc2ccc3ncc(N4CCOCC4)nc3c2)c1. The molecule has 2 amide bonds. The molecule has 0 saturated carbocycles. The number of morpholine rings is 1. The van der Waals surface area contributed by atoms with Crippen LogP contribution in [0, 0.1) is 11.6 Å². The molecule has 0 atom stereocenters. The molecule has 5 rings (SSSR count). The summed E-state index contributed by atoms with van der Waals surface area (Å²) in [6, 6.07) is 12.2. The molecule has 0 spiro atoms. The maximum absolute atomic E-state index is 14.5. The van der Waals surface area contributed by atoms with Crippen molar-refractivity contribution in [2.24, 2.45) is 0 Å². The van der Waals surface area contributed by atoms with Crippen molar-refractivity contribution in [3.05, 3.63) is 77.5 Å². The largest absolute Gasteiger partial charge is 0.454 e. The number of anilines is 3. The molecule has 11 heteroatoms. The number of amides is 2. The third kappa shape index (κ3) is 5.45. The zero-order chi connectivity index (χ0) is 25.1. The topological polar surface area (TPSA) is 88.6 Å². The van der Waals surface area contributed by atoms with Gasteiger partial charge in [0, 0.05) is 36.6 Å². The van der Waals surface area contributed by atoms with Crippen LogP contribution in [0.3, 0.4) is 0 Å². The molecule has 0 aliphatic carbocycles. The molecule has 0 bridgehead atoms. The summed E-state index contributed by atoms with van der Waals surface area (Å²) in [6.07, 6.45) is 1.72. The van der Waals surface area contributed by atoms with Crippen molar-refractivity contribution in [1.82, 2.24) is 9.97 Å². The number of nitrogens with zero attached hydrogens (tertiary/aromatic N) is 3. The van der Waals surface area contributed by atoms with Crippen molar-refractivity contribution in [3.63, 3.8) is 0 Å². The van der Waals surface area contributed by atoms with Gasteiger partial charge in [0.2, 0.25) is 0 Å². The lowest BCUT2D eigenvalue weighted by Crippen LogP contribution is -2.36. The second kappa shape index (κ2) is 10.3. The number of carbonyl (C=O) groups excluding carboxylic acids is 1. The van der Waals surface area contributed by atoms with Gasteiger partial charge in [0.25, 0.3) is 0 Å². The average molecular weight is 512 g/mol. The van der Waals surface area contributed by atoms with E-state index in [0.29, 0.717) is 35.7 Å². The van der Waals surface area contributed by atoms with E-state index in [2.05, 4.69) is 25.5 Å². The Morgan fingerprint density at radius 1 is 0.944 bits per heavy atom. The highest BCUT2D eigenvalue weighted by atomic mass is 35.5. The molecule has 1 saturated heterocycles. The number of carbonyl (C=O) groups is 1. The van der Waals surface area contributed by atoms with E-state index in [9.17, 15) is 13.6 Å². The molecule has 1 fully saturated rings. The zero-order valence-electron chi connectivity index (χ0n) is 18.8. The second-order valence-corrected chi connectivity index (χ2v) is 8.34. The molecule has 3 aromatic carbocycles. The van der Waals surface area contributed by atoms with Gasteiger partial charge in [-0.2, -0.15) is 0 Å². The summed E-state index contributed by atoms with van der Waals surface area (Å²) in [6.45, 7) is 2.71. The van der Waals surface area contributed by atoms with Crippen LogP contribution in [-0.4, -0.2) is 42.3 Å². The van der Waals surface area contributed by atoms with Gasteiger partial charge < -0.3 is 25.0 Å². The number of hydrogen-bond donors (Lipinski definition) is 2. The first-order chi connectivity index (χ1) is 17.4. The molecule has 1 aromatic heterocycles. The Morgan fingerprint density at radius 3 is 2.42 bits per heavy atom. The third-order valence-corrected chi connectivity index (χ3v) is 5.72. The fourth-order valence-corrected chi connectivity index (χ4v) is 3.82. The minimum atomic E-state index is -0.619. The van der Waals surface area contributed by atoms with Crippen LogP contribution in [-0.2, 0) is 4.74 Å². The lowest BCUT2D eigenvalue weighted by Gasteiger charge is -2.27. The van der Waals surface area contributed by atoms with Gasteiger partial charge >= 0.3 is 6.03 Å². The van der Waals surface area contributed by atoms with Gasteiger partial charge in [-0.25, -0.2) is 18.6 Å². The Hall–Kier alpha value is -4.02. The number of urea groups is 1. The maximum atomic E-state index is 14.5. The Morgan fingerprint density at radius 2 is 1.67 bits per heavy atom. The highest BCUT2D eigenvalue weighted by Gasteiger charge is 2.14. The summed E-state index contributed by atoms with van der Waals surface area (Å²) in [4.78, 5) is 23.5. The monoisotopic (exact) mass is 511 g/mol. The number of nitrogens with one attached hydrogen (secondary N) is 2. The maximum Gasteiger partial charge on any atom is 0.323 e. The Labute approximate surface area is 209 Å². The van der Waals surface area contributed by atoms with E-state index in [1.807, 2.05) is 0 Å². The molecular formula is C25H20ClF2N5O3. The number of halogens is 3. The number of rotatable bonds is 5. The fraction of sp³-hybridized carbons (Fsp3) is 0.160. The third-order valence-electron chi connectivity index (χ3n) is 5.43. The quantitative estimate of drug-likeness (QED) is 0.350. The second-order valence-electron chi connectivity index (χ2n) is 7.93. The fourth-order valence-electron chi connectivity index (χ4n) is 3.64. The minimum Gasteiger partial charge on any atom is -0.454 e. The highest BCUT2D eigenvalue weighted by Crippen LogP contribution is 2.30. The summed E-state index contributed by atoms with van der Waals surface area (Å²) in [7, 11) is 0. The van der Waals surface area contributed by atoms with E-state index in [-0.39, 0.29) is 16.5 Å². The minimum absolute atomic E-state index is 0.0886. The van der Waals surface area contributed by atoms with Crippen molar-refractivity contribution in [2.75, 3.05) is 41.8 Å². The number of benzene rings is 3. The molecule has 1 aliphatic heterocycles. The van der Waals surface area contributed by atoms with E-state index in [1.165, 1.54) is 30.3 Å². The molecule has 8 nitrogen and oxygen atoms in total. The zero-order valence-corrected chi connectivity index (χ0v) is 19.6. The van der Waals surface area contributed by atoms with Gasteiger partial charge in [-0.3, -0.25) is 4.98 Å². The summed E-state index contributed by atoms with van der Waals surface area (Å²) in [5.41, 5.74) is 1.86. The number of aromatic nitrogens is 2. The van der Waals surface area contributed by atoms with E-state index < -0.39 is 17.7 Å². The molecule has 4 aromatic rings. The summed E-state index contributed by atoms with van der Waals surface area (Å²) in [5, 5.41) is 4.99. The average Bonchev–Trinajstić information content (AvgIpc) is 2.88. The van der Waals surface area contributed by atoms with E-state index in [4.69, 9.17) is 21.1 Å². The van der Waals surface area contributed by atoms with E-state index in [0.717, 1.165) is 25.0 Å². The van der Waals surface area contributed by atoms with Crippen LogP contribution in [0.15, 0.2) is 60.8 Å². The lowest BCUT2D eigenvalue weighted by molar-refractivity contribution is 0.122. The lowest BCUT2D eigenvalue weighted by atomic mass is 10.2. The first kappa shape index (κ1) is 23.7. The number of hydrogen-bond acceptors (Lipinski definition) is 6. The van der Waals surface area contributed by atoms with E-state index >= 15 is 0 Å². The molecule has 184 valence electrons. The molecule has 0 radical (unpaired) electrons. The van der Waals surface area contributed by atoms with Gasteiger partial charge in [0.15, 0.2) is 11.6 Å². The van der Waals surface area contributed by atoms with Crippen LogP contribution in [0.25, 0.3) is 11.0 Å². The summed E-state index contributed by atoms with van der Waals surface area (Å²) < 4.78 is 39.0. The van der Waals surface area contributed by atoms with Gasteiger partial charge in [-0.1, -0.05) is 11.6 Å². The van der Waals surface area contributed by atoms with Crippen molar-refractivity contribution < 1.29 is 23.0 Å². The van der Waals surface area contributed by atoms with Gasteiger partial charge in [0.05, 0.1) is 35.5 Å². The molecule has 2 N–H and O–H groups in total. The molecule has 1 aliphatic rings. The Balaban J connectivity index is 1.31. The van der Waals surface area contributed by atoms with Crippen LogP contribution >= 0.6 is 11.6 Å². The van der Waals surface area contributed by atoms with Crippen LogP contribution < -0.4 is 20.3 Å².